The molecule has 0 aromatic heterocycles. The van der Waals surface area contributed by atoms with E-state index in [1.807, 2.05) is 13.8 Å². The van der Waals surface area contributed by atoms with Gasteiger partial charge >= 0.3 is 5.97 Å². The van der Waals surface area contributed by atoms with Gasteiger partial charge < -0.3 is 4.74 Å². The van der Waals surface area contributed by atoms with Gasteiger partial charge in [-0.1, -0.05) is 52.0 Å². The largest absolute Gasteiger partial charge is 0.468 e. The fourth-order valence-electron chi connectivity index (χ4n) is 3.15. The highest BCUT2D eigenvalue weighted by Crippen LogP contribution is 2.45. The lowest BCUT2D eigenvalue weighted by Gasteiger charge is -2.33. The molecule has 1 aliphatic carbocycles. The number of hydrogen-bond donors (Lipinski definition) is 1. The van der Waals surface area contributed by atoms with Crippen LogP contribution in [0, 0.1) is 11.3 Å². The Morgan fingerprint density at radius 2 is 2.00 bits per heavy atom. The van der Waals surface area contributed by atoms with Crippen molar-refractivity contribution in [1.82, 2.24) is 5.32 Å². The van der Waals surface area contributed by atoms with E-state index in [1.165, 1.54) is 18.2 Å². The second kappa shape index (κ2) is 5.57. The van der Waals surface area contributed by atoms with Crippen LogP contribution in [0.15, 0.2) is 24.3 Å². The molecular weight excluding hydrogens is 250 g/mol. The maximum Gasteiger partial charge on any atom is 0.323 e. The Morgan fingerprint density at radius 3 is 2.60 bits per heavy atom. The van der Waals surface area contributed by atoms with E-state index in [0.29, 0.717) is 0 Å². The zero-order valence-electron chi connectivity index (χ0n) is 13.1. The zero-order chi connectivity index (χ0) is 14.9. The van der Waals surface area contributed by atoms with E-state index in [9.17, 15) is 4.79 Å². The van der Waals surface area contributed by atoms with Crippen LogP contribution in [0.1, 0.15) is 44.9 Å². The number of fused-ring (bicyclic) bond motifs is 1. The summed E-state index contributed by atoms with van der Waals surface area (Å²) < 4.78 is 4.94. The first-order valence-corrected chi connectivity index (χ1v) is 7.28. The topological polar surface area (TPSA) is 38.3 Å². The number of carbonyl (C=O) groups is 1. The predicted octanol–water partition coefficient (Wildman–Crippen LogP) is 3.10. The molecule has 0 aliphatic heterocycles. The van der Waals surface area contributed by atoms with Gasteiger partial charge in [0.2, 0.25) is 0 Å². The van der Waals surface area contributed by atoms with E-state index in [0.717, 1.165) is 6.42 Å². The average Bonchev–Trinajstić information content (AvgIpc) is 2.64. The average molecular weight is 275 g/mol. The Labute approximate surface area is 121 Å². The van der Waals surface area contributed by atoms with Gasteiger partial charge in [0.05, 0.1) is 7.11 Å². The molecule has 3 nitrogen and oxygen atoms in total. The summed E-state index contributed by atoms with van der Waals surface area (Å²) in [4.78, 5) is 12.0. The Balaban J connectivity index is 2.29. The van der Waals surface area contributed by atoms with Gasteiger partial charge in [0.25, 0.3) is 0 Å². The zero-order valence-corrected chi connectivity index (χ0v) is 13.1. The monoisotopic (exact) mass is 275 g/mol. The molecule has 110 valence electrons. The van der Waals surface area contributed by atoms with Crippen LogP contribution in [0.5, 0.6) is 0 Å². The quantitative estimate of drug-likeness (QED) is 0.858. The van der Waals surface area contributed by atoms with Crippen molar-refractivity contribution < 1.29 is 9.53 Å². The number of esters is 1. The highest BCUT2D eigenvalue weighted by molar-refractivity contribution is 5.76. The van der Waals surface area contributed by atoms with Crippen LogP contribution >= 0.6 is 0 Å². The summed E-state index contributed by atoms with van der Waals surface area (Å²) in [6.45, 7) is 8.59. The molecule has 0 amide bonds. The summed E-state index contributed by atoms with van der Waals surface area (Å²) in [5.74, 6) is 0.0196. The molecule has 3 heteroatoms. The van der Waals surface area contributed by atoms with Crippen molar-refractivity contribution in [2.75, 3.05) is 7.11 Å². The first-order chi connectivity index (χ1) is 9.36. The molecule has 1 unspecified atom stereocenters. The van der Waals surface area contributed by atoms with Gasteiger partial charge in [0.1, 0.15) is 6.04 Å². The number of rotatable bonds is 4. The molecule has 0 radical (unpaired) electrons. The molecule has 2 rings (SSSR count). The van der Waals surface area contributed by atoms with Crippen molar-refractivity contribution in [1.29, 1.82) is 0 Å². The molecule has 1 aliphatic rings. The van der Waals surface area contributed by atoms with Gasteiger partial charge in [-0.05, 0) is 28.9 Å². The Hall–Kier alpha value is -1.35. The van der Waals surface area contributed by atoms with Crippen LogP contribution in [-0.2, 0) is 16.0 Å². The maximum absolute atomic E-state index is 12.0. The van der Waals surface area contributed by atoms with Crippen molar-refractivity contribution in [2.45, 2.75) is 46.2 Å². The van der Waals surface area contributed by atoms with Gasteiger partial charge in [0, 0.05) is 6.04 Å². The first kappa shape index (κ1) is 15.0. The molecule has 1 aromatic rings. The molecule has 0 heterocycles. The van der Waals surface area contributed by atoms with E-state index in [2.05, 4.69) is 43.4 Å². The molecule has 0 fully saturated rings. The molecule has 2 atom stereocenters. The van der Waals surface area contributed by atoms with Gasteiger partial charge in [-0.15, -0.1) is 0 Å². The summed E-state index contributed by atoms with van der Waals surface area (Å²) >= 11 is 0. The smallest absolute Gasteiger partial charge is 0.323 e. The van der Waals surface area contributed by atoms with Gasteiger partial charge in [0.15, 0.2) is 0 Å². The van der Waals surface area contributed by atoms with E-state index in [4.69, 9.17) is 4.74 Å². The van der Waals surface area contributed by atoms with Gasteiger partial charge in [-0.25, -0.2) is 0 Å². The minimum atomic E-state index is -0.268. The summed E-state index contributed by atoms with van der Waals surface area (Å²) in [7, 11) is 1.45. The van der Waals surface area contributed by atoms with Crippen LogP contribution in [0.4, 0.5) is 0 Å². The van der Waals surface area contributed by atoms with Crippen LogP contribution in [-0.4, -0.2) is 19.1 Å². The van der Waals surface area contributed by atoms with Crippen LogP contribution < -0.4 is 5.32 Å². The van der Waals surface area contributed by atoms with Crippen molar-refractivity contribution in [2.24, 2.45) is 11.3 Å². The van der Waals surface area contributed by atoms with Crippen molar-refractivity contribution in [3.05, 3.63) is 35.4 Å². The van der Waals surface area contributed by atoms with Crippen LogP contribution in [0.25, 0.3) is 0 Å². The van der Waals surface area contributed by atoms with Crippen molar-refractivity contribution in [3.63, 3.8) is 0 Å². The summed E-state index contributed by atoms with van der Waals surface area (Å²) in [5.41, 5.74) is 2.79. The second-order valence-corrected chi connectivity index (χ2v) is 6.71. The van der Waals surface area contributed by atoms with E-state index in [1.54, 1.807) is 0 Å². The minimum Gasteiger partial charge on any atom is -0.468 e. The molecule has 1 aromatic carbocycles. The number of methoxy groups -OCH3 is 1. The third-order valence-corrected chi connectivity index (χ3v) is 4.26. The Kier molecular flexibility index (Phi) is 4.19. The number of benzene rings is 1. The Morgan fingerprint density at radius 1 is 1.35 bits per heavy atom. The fraction of sp³-hybridized carbons (Fsp3) is 0.588. The maximum atomic E-state index is 12.0. The van der Waals surface area contributed by atoms with Gasteiger partial charge in [-0.3, -0.25) is 10.1 Å². The van der Waals surface area contributed by atoms with Crippen molar-refractivity contribution >= 4 is 5.97 Å². The highest BCUT2D eigenvalue weighted by atomic mass is 16.5. The van der Waals surface area contributed by atoms with Crippen LogP contribution in [0.2, 0.25) is 0 Å². The molecule has 0 saturated carbocycles. The predicted molar refractivity (Wildman–Crippen MR) is 80.4 cm³/mol. The lowest BCUT2D eigenvalue weighted by atomic mass is 9.84. The molecule has 0 saturated heterocycles. The molecule has 20 heavy (non-hydrogen) atoms. The third-order valence-electron chi connectivity index (χ3n) is 4.26. The lowest BCUT2D eigenvalue weighted by Crippen LogP contribution is -2.46. The van der Waals surface area contributed by atoms with E-state index >= 15 is 0 Å². The van der Waals surface area contributed by atoms with E-state index < -0.39 is 0 Å². The second-order valence-electron chi connectivity index (χ2n) is 6.71. The highest BCUT2D eigenvalue weighted by Gasteiger charge is 2.41. The third kappa shape index (κ3) is 2.73. The molecule has 0 spiro atoms. The SMILES string of the molecule is COC(=O)[C@@H](NC1c2ccccc2CC1(C)C)C(C)C. The number of hydrogen-bond acceptors (Lipinski definition) is 3. The molecule has 1 N–H and O–H groups in total. The standard InChI is InChI=1S/C17H25NO2/c1-11(2)14(16(19)20-5)18-15-13-9-7-6-8-12(13)10-17(15,3)4/h6-9,11,14-15,18H,10H2,1-5H3/t14-,15?/m0/s1. The molecular formula is C17H25NO2. The summed E-state index contributed by atoms with van der Waals surface area (Å²) in [6.07, 6.45) is 1.03. The number of carbonyl (C=O) groups excluding carboxylic acids is 1. The Bertz CT molecular complexity index is 494. The fourth-order valence-corrected chi connectivity index (χ4v) is 3.15. The number of ether oxygens (including phenoxy) is 1. The molecule has 0 bridgehead atoms. The van der Waals surface area contributed by atoms with Gasteiger partial charge in [-0.2, -0.15) is 0 Å². The minimum absolute atomic E-state index is 0.102. The summed E-state index contributed by atoms with van der Waals surface area (Å²) in [6, 6.07) is 8.41. The normalized spacial score (nSPS) is 21.6. The summed E-state index contributed by atoms with van der Waals surface area (Å²) in [5, 5.41) is 3.54. The van der Waals surface area contributed by atoms with Crippen molar-refractivity contribution in [3.8, 4) is 0 Å². The number of nitrogens with one attached hydrogen (secondary N) is 1. The lowest BCUT2D eigenvalue weighted by molar-refractivity contribution is -0.144. The van der Waals surface area contributed by atoms with Crippen LogP contribution in [0.3, 0.4) is 0 Å². The first-order valence-electron chi connectivity index (χ1n) is 7.28. The van der Waals surface area contributed by atoms with E-state index in [-0.39, 0.29) is 29.4 Å².